The van der Waals surface area contributed by atoms with Crippen LogP contribution < -0.4 is 0 Å². The van der Waals surface area contributed by atoms with Gasteiger partial charge in [0.2, 0.25) is 0 Å². The van der Waals surface area contributed by atoms with Gasteiger partial charge in [0.1, 0.15) is 29.7 Å². The maximum atomic E-state index is 13.0. The number of hydrogen-bond acceptors (Lipinski definition) is 10. The smallest absolute Gasteiger partial charge is 0.342 e. The Morgan fingerprint density at radius 1 is 1.26 bits per heavy atom. The summed E-state index contributed by atoms with van der Waals surface area (Å²) in [7, 11) is 0. The zero-order chi connectivity index (χ0) is 26.0. The molecule has 3 fully saturated rings. The van der Waals surface area contributed by atoms with Gasteiger partial charge >= 0.3 is 23.9 Å². The molecule has 6 atom stereocenters. The predicted octanol–water partition coefficient (Wildman–Crippen LogP) is 1.80. The second-order valence-corrected chi connectivity index (χ2v) is 10.1. The first kappa shape index (κ1) is 25.1. The van der Waals surface area contributed by atoms with Crippen molar-refractivity contribution in [3.63, 3.8) is 0 Å². The number of esters is 4. The summed E-state index contributed by atoms with van der Waals surface area (Å²) in [6, 6.07) is 0. The molecule has 0 amide bonds. The maximum Gasteiger partial charge on any atom is 0.342 e. The quantitative estimate of drug-likeness (QED) is 0.345. The zero-order valence-corrected chi connectivity index (χ0v) is 20.3. The summed E-state index contributed by atoms with van der Waals surface area (Å²) in [5.41, 5.74) is -6.00. The van der Waals surface area contributed by atoms with Crippen molar-refractivity contribution < 1.29 is 48.0 Å². The average Bonchev–Trinajstić information content (AvgIpc) is 3.11. The summed E-state index contributed by atoms with van der Waals surface area (Å²) in [6.45, 7) is 13.4. The van der Waals surface area contributed by atoms with E-state index in [4.69, 9.17) is 23.7 Å². The standard InChI is InChI=1S/C25H30O10/c1-7-16-21(29)34-23(6)11-18(32-19(27)13(2)12-31-15(4)26)25-14(3)20(28)33-17(25)10-22(5,30)8-9-24(16,23)35-25/h10,16,18,30H,2-3,7-9,11-12H2,1,4-6H3/t16-,18-,22+,23+,24+,25+/m0/s1. The van der Waals surface area contributed by atoms with E-state index >= 15 is 0 Å². The number of carbonyl (C=O) groups is 4. The lowest BCUT2D eigenvalue weighted by Crippen LogP contribution is -2.70. The fourth-order valence-electron chi connectivity index (χ4n) is 5.69. The Hall–Kier alpha value is -2.98. The fourth-order valence-corrected chi connectivity index (χ4v) is 5.69. The summed E-state index contributed by atoms with van der Waals surface area (Å²) in [5.74, 6) is -3.53. The van der Waals surface area contributed by atoms with E-state index in [1.165, 1.54) is 13.0 Å². The molecule has 0 radical (unpaired) electrons. The largest absolute Gasteiger partial charge is 0.461 e. The third-order valence-corrected chi connectivity index (χ3v) is 7.54. The van der Waals surface area contributed by atoms with Gasteiger partial charge in [0.05, 0.1) is 22.7 Å². The fraction of sp³-hybridized carbons (Fsp3) is 0.600. The highest BCUT2D eigenvalue weighted by Crippen LogP contribution is 2.62. The minimum atomic E-state index is -1.79. The van der Waals surface area contributed by atoms with Gasteiger partial charge in [-0.3, -0.25) is 9.59 Å². The molecule has 1 N–H and O–H groups in total. The molecule has 0 aromatic carbocycles. The minimum Gasteiger partial charge on any atom is -0.461 e. The van der Waals surface area contributed by atoms with Gasteiger partial charge in [-0.1, -0.05) is 20.1 Å². The lowest BCUT2D eigenvalue weighted by atomic mass is 9.63. The van der Waals surface area contributed by atoms with E-state index in [1.54, 1.807) is 13.8 Å². The number of hydrogen-bond donors (Lipinski definition) is 1. The van der Waals surface area contributed by atoms with Crippen molar-refractivity contribution in [1.29, 1.82) is 0 Å². The van der Waals surface area contributed by atoms with Crippen LogP contribution in [0.2, 0.25) is 0 Å². The average molecular weight is 491 g/mol. The molecule has 0 aromatic heterocycles. The molecule has 4 rings (SSSR count). The molecule has 0 saturated carbocycles. The van der Waals surface area contributed by atoms with Crippen LogP contribution in [0.15, 0.2) is 36.1 Å². The van der Waals surface area contributed by atoms with Gasteiger partial charge in [-0.2, -0.15) is 0 Å². The monoisotopic (exact) mass is 490 g/mol. The number of rotatable bonds is 5. The number of ether oxygens (including phenoxy) is 5. The van der Waals surface area contributed by atoms with Crippen LogP contribution in [0, 0.1) is 5.92 Å². The first-order chi connectivity index (χ1) is 16.2. The maximum absolute atomic E-state index is 13.0. The van der Waals surface area contributed by atoms with E-state index in [9.17, 15) is 24.3 Å². The Morgan fingerprint density at radius 2 is 1.94 bits per heavy atom. The second kappa shape index (κ2) is 8.03. The van der Waals surface area contributed by atoms with Crippen LogP contribution in [0.25, 0.3) is 0 Å². The van der Waals surface area contributed by atoms with Crippen molar-refractivity contribution in [3.8, 4) is 0 Å². The van der Waals surface area contributed by atoms with Crippen molar-refractivity contribution in [1.82, 2.24) is 0 Å². The molecule has 2 bridgehead atoms. The van der Waals surface area contributed by atoms with E-state index in [1.807, 2.05) is 6.92 Å². The molecule has 10 heteroatoms. The molecule has 4 heterocycles. The Labute approximate surface area is 202 Å². The van der Waals surface area contributed by atoms with Crippen molar-refractivity contribution in [2.75, 3.05) is 6.61 Å². The first-order valence-corrected chi connectivity index (χ1v) is 11.5. The third kappa shape index (κ3) is 3.61. The van der Waals surface area contributed by atoms with Crippen LogP contribution in [-0.2, 0) is 42.9 Å². The van der Waals surface area contributed by atoms with Crippen molar-refractivity contribution in [3.05, 3.63) is 36.1 Å². The molecule has 3 saturated heterocycles. The summed E-state index contributed by atoms with van der Waals surface area (Å²) >= 11 is 0. The Kier molecular flexibility index (Phi) is 5.76. The molecule has 4 aliphatic heterocycles. The molecule has 4 aliphatic rings. The third-order valence-electron chi connectivity index (χ3n) is 7.54. The van der Waals surface area contributed by atoms with Crippen LogP contribution in [-0.4, -0.2) is 64.1 Å². The van der Waals surface area contributed by atoms with E-state index in [0.717, 1.165) is 0 Å². The van der Waals surface area contributed by atoms with Crippen LogP contribution in [0.1, 0.15) is 53.4 Å². The SMILES string of the molecule is C=C(COC(C)=O)C(=O)O[C@H]1C[C@@]2(C)OC(=O)[C@H](CC)[C@]23CC[C@@](C)(O)C=C2OC(=O)C(=C)[C@@]21O3. The summed E-state index contributed by atoms with van der Waals surface area (Å²) in [5, 5.41) is 11.1. The van der Waals surface area contributed by atoms with Gasteiger partial charge in [-0.15, -0.1) is 0 Å². The summed E-state index contributed by atoms with van der Waals surface area (Å²) in [6.07, 6.45) is 0.917. The highest BCUT2D eigenvalue weighted by atomic mass is 16.7. The minimum absolute atomic E-state index is 0.0308. The molecule has 0 aliphatic carbocycles. The van der Waals surface area contributed by atoms with Gasteiger partial charge in [-0.25, -0.2) is 9.59 Å². The van der Waals surface area contributed by atoms with E-state index in [2.05, 4.69) is 13.2 Å². The van der Waals surface area contributed by atoms with E-state index in [-0.39, 0.29) is 36.2 Å². The lowest BCUT2D eigenvalue weighted by molar-refractivity contribution is -0.282. The molecular formula is C25H30O10. The molecule has 10 nitrogen and oxygen atoms in total. The Bertz CT molecular complexity index is 1070. The molecular weight excluding hydrogens is 460 g/mol. The van der Waals surface area contributed by atoms with Crippen LogP contribution in [0.4, 0.5) is 0 Å². The highest BCUT2D eigenvalue weighted by Gasteiger charge is 2.76. The van der Waals surface area contributed by atoms with Gasteiger partial charge in [0.15, 0.2) is 5.60 Å². The van der Waals surface area contributed by atoms with E-state index in [0.29, 0.717) is 6.42 Å². The topological polar surface area (TPSA) is 135 Å². The van der Waals surface area contributed by atoms with Crippen LogP contribution in [0.5, 0.6) is 0 Å². The van der Waals surface area contributed by atoms with Crippen molar-refractivity contribution in [2.24, 2.45) is 5.92 Å². The molecule has 190 valence electrons. The Morgan fingerprint density at radius 3 is 2.57 bits per heavy atom. The number of aliphatic hydroxyl groups is 1. The number of carbonyl (C=O) groups excluding carboxylic acids is 4. The molecule has 35 heavy (non-hydrogen) atoms. The summed E-state index contributed by atoms with van der Waals surface area (Å²) in [4.78, 5) is 49.8. The zero-order valence-electron chi connectivity index (χ0n) is 20.3. The van der Waals surface area contributed by atoms with Crippen molar-refractivity contribution in [2.45, 2.75) is 81.9 Å². The van der Waals surface area contributed by atoms with E-state index < -0.39 is 64.9 Å². The van der Waals surface area contributed by atoms with Crippen LogP contribution in [0.3, 0.4) is 0 Å². The lowest BCUT2D eigenvalue weighted by Gasteiger charge is -2.56. The van der Waals surface area contributed by atoms with Gasteiger partial charge < -0.3 is 28.8 Å². The second-order valence-electron chi connectivity index (χ2n) is 10.1. The molecule has 2 spiro atoms. The normalized spacial score (nSPS) is 39.8. The predicted molar refractivity (Wildman–Crippen MR) is 118 cm³/mol. The van der Waals surface area contributed by atoms with Crippen LogP contribution >= 0.6 is 0 Å². The Balaban J connectivity index is 1.85. The van der Waals surface area contributed by atoms with Gasteiger partial charge in [0.25, 0.3) is 0 Å². The molecule has 0 unspecified atom stereocenters. The van der Waals surface area contributed by atoms with Gasteiger partial charge in [0, 0.05) is 13.3 Å². The van der Waals surface area contributed by atoms with Crippen molar-refractivity contribution >= 4 is 23.9 Å². The van der Waals surface area contributed by atoms with Gasteiger partial charge in [-0.05, 0) is 39.2 Å². The summed E-state index contributed by atoms with van der Waals surface area (Å²) < 4.78 is 28.7. The first-order valence-electron chi connectivity index (χ1n) is 11.5. The molecule has 0 aromatic rings. The highest BCUT2D eigenvalue weighted by molar-refractivity contribution is 5.96.